The maximum Gasteiger partial charge on any atom is 0.119 e. The van der Waals surface area contributed by atoms with Gasteiger partial charge in [-0.05, 0) is 130 Å². The van der Waals surface area contributed by atoms with Gasteiger partial charge in [-0.15, -0.1) is 37.2 Å². The van der Waals surface area contributed by atoms with E-state index in [9.17, 15) is 0 Å². The second kappa shape index (κ2) is 14.4. The lowest BCUT2D eigenvalue weighted by molar-refractivity contribution is 0.0412. The van der Waals surface area contributed by atoms with Crippen LogP contribution in [0.2, 0.25) is 0 Å². The van der Waals surface area contributed by atoms with Crippen molar-refractivity contribution in [3.05, 3.63) is 29.3 Å². The fourth-order valence-corrected chi connectivity index (χ4v) is 7.02. The number of halogens is 3. The number of hydrogen-bond donors (Lipinski definition) is 3. The monoisotopic (exact) mass is 521 g/mol. The zero-order valence-corrected chi connectivity index (χ0v) is 22.9. The summed E-state index contributed by atoms with van der Waals surface area (Å²) in [6, 6.07) is 7.56. The summed E-state index contributed by atoms with van der Waals surface area (Å²) in [6.07, 6.45) is 11.7. The molecule has 3 aliphatic rings. The first-order valence-corrected chi connectivity index (χ1v) is 12.5. The summed E-state index contributed by atoms with van der Waals surface area (Å²) in [4.78, 5) is 0. The van der Waals surface area contributed by atoms with Gasteiger partial charge in [0.05, 0.1) is 7.11 Å². The molecule has 1 aromatic carbocycles. The summed E-state index contributed by atoms with van der Waals surface area (Å²) in [6.45, 7) is 6.75. The molecule has 2 saturated carbocycles. The zero-order valence-electron chi connectivity index (χ0n) is 20.4. The van der Waals surface area contributed by atoms with Crippen LogP contribution >= 0.6 is 37.2 Å². The van der Waals surface area contributed by atoms with E-state index in [1.807, 2.05) is 0 Å². The van der Waals surface area contributed by atoms with Gasteiger partial charge in [0.1, 0.15) is 5.75 Å². The van der Waals surface area contributed by atoms with Crippen molar-refractivity contribution in [1.29, 1.82) is 0 Å². The van der Waals surface area contributed by atoms with Crippen LogP contribution < -0.4 is 21.1 Å². The maximum absolute atomic E-state index is 5.55. The number of hydrogen-bond acceptors (Lipinski definition) is 4. The lowest BCUT2D eigenvalue weighted by atomic mass is 9.55. The van der Waals surface area contributed by atoms with Crippen molar-refractivity contribution in [2.45, 2.75) is 76.7 Å². The minimum atomic E-state index is 0. The molecule has 2 fully saturated rings. The molecule has 33 heavy (non-hydrogen) atoms. The Labute approximate surface area is 220 Å². The Morgan fingerprint density at radius 2 is 1.76 bits per heavy atom. The molecule has 0 unspecified atom stereocenters. The minimum Gasteiger partial charge on any atom is -0.497 e. The van der Waals surface area contributed by atoms with E-state index in [1.54, 1.807) is 18.2 Å². The Morgan fingerprint density at radius 3 is 2.52 bits per heavy atom. The van der Waals surface area contributed by atoms with Gasteiger partial charge >= 0.3 is 0 Å². The van der Waals surface area contributed by atoms with Crippen LogP contribution in [0.3, 0.4) is 0 Å². The molecule has 7 heteroatoms. The van der Waals surface area contributed by atoms with E-state index in [2.05, 4.69) is 35.8 Å². The van der Waals surface area contributed by atoms with E-state index in [0.29, 0.717) is 11.5 Å². The highest BCUT2D eigenvalue weighted by Crippen LogP contribution is 2.60. The van der Waals surface area contributed by atoms with Crippen LogP contribution in [-0.2, 0) is 6.42 Å². The maximum atomic E-state index is 5.55. The molecule has 0 heterocycles. The SMILES string of the molecule is COc1ccc2c(c1)CC[C@@H]1[C@@H]2CC[C@]2(C)[C@@H](NCCCCNCCCN)CC[C@@H]12.Cl.Cl.Cl. The van der Waals surface area contributed by atoms with Crippen LogP contribution in [0.15, 0.2) is 18.2 Å². The highest BCUT2D eigenvalue weighted by molar-refractivity contribution is 5.86. The fraction of sp³-hybridized carbons (Fsp3) is 0.769. The second-order valence-electron chi connectivity index (χ2n) is 10.2. The normalized spacial score (nSPS) is 29.4. The molecule has 1 aromatic rings. The molecular weight excluding hydrogens is 477 g/mol. The number of benzene rings is 1. The average molecular weight is 523 g/mol. The number of rotatable bonds is 10. The quantitative estimate of drug-likeness (QED) is 0.355. The molecule has 0 amide bonds. The Kier molecular flexibility index (Phi) is 13.4. The van der Waals surface area contributed by atoms with Gasteiger partial charge in [-0.3, -0.25) is 0 Å². The molecule has 0 bridgehead atoms. The van der Waals surface area contributed by atoms with E-state index in [1.165, 1.54) is 57.9 Å². The third-order valence-electron chi connectivity index (χ3n) is 8.66. The second-order valence-corrected chi connectivity index (χ2v) is 10.2. The van der Waals surface area contributed by atoms with Crippen molar-refractivity contribution in [3.63, 3.8) is 0 Å². The van der Waals surface area contributed by atoms with Crippen LogP contribution in [-0.4, -0.2) is 39.3 Å². The van der Waals surface area contributed by atoms with Crippen LogP contribution in [0.5, 0.6) is 5.75 Å². The number of ether oxygens (including phenoxy) is 1. The fourth-order valence-electron chi connectivity index (χ4n) is 7.02. The van der Waals surface area contributed by atoms with Gasteiger partial charge in [-0.1, -0.05) is 13.0 Å². The molecule has 192 valence electrons. The first-order valence-electron chi connectivity index (χ1n) is 12.5. The number of nitrogens with one attached hydrogen (secondary N) is 2. The van der Waals surface area contributed by atoms with Crippen LogP contribution in [0.25, 0.3) is 0 Å². The summed E-state index contributed by atoms with van der Waals surface area (Å²) >= 11 is 0. The molecule has 4 nitrogen and oxygen atoms in total. The standard InChI is InChI=1S/C26H43N3O.3ClH/c1-26-13-12-22-21-9-7-20(30-2)18-19(21)6-8-23(22)24(26)10-11-25(26)29-17-4-3-15-28-16-5-14-27;;;/h7,9,18,22-25,28-29H,3-6,8,10-17,27H2,1-2H3;3*1H/t22-,23-,24+,25+,26+;;;/m1.../s1. The molecule has 4 rings (SSSR count). The van der Waals surface area contributed by atoms with E-state index in [0.717, 1.165) is 49.6 Å². The molecule has 3 aliphatic carbocycles. The lowest BCUT2D eigenvalue weighted by Crippen LogP contribution is -2.48. The van der Waals surface area contributed by atoms with Gasteiger partial charge in [0, 0.05) is 6.04 Å². The third kappa shape index (κ3) is 6.71. The Balaban J connectivity index is 0.00000181. The lowest BCUT2D eigenvalue weighted by Gasteiger charge is -2.51. The largest absolute Gasteiger partial charge is 0.497 e. The van der Waals surface area contributed by atoms with Gasteiger partial charge in [0.2, 0.25) is 0 Å². The summed E-state index contributed by atoms with van der Waals surface area (Å²) < 4.78 is 5.48. The van der Waals surface area contributed by atoms with Gasteiger partial charge in [0.15, 0.2) is 0 Å². The van der Waals surface area contributed by atoms with E-state index in [4.69, 9.17) is 10.5 Å². The van der Waals surface area contributed by atoms with Crippen molar-refractivity contribution < 1.29 is 4.74 Å². The van der Waals surface area contributed by atoms with Crippen molar-refractivity contribution in [1.82, 2.24) is 10.6 Å². The van der Waals surface area contributed by atoms with Crippen LogP contribution in [0.1, 0.15) is 75.3 Å². The molecule has 0 aliphatic heterocycles. The topological polar surface area (TPSA) is 59.3 Å². The highest BCUT2D eigenvalue weighted by Gasteiger charge is 2.54. The Bertz CT molecular complexity index is 707. The van der Waals surface area contributed by atoms with Crippen molar-refractivity contribution in [2.75, 3.05) is 33.3 Å². The van der Waals surface area contributed by atoms with Crippen molar-refractivity contribution in [2.24, 2.45) is 23.0 Å². The molecule has 0 spiro atoms. The zero-order chi connectivity index (χ0) is 21.0. The van der Waals surface area contributed by atoms with Gasteiger partial charge < -0.3 is 21.1 Å². The van der Waals surface area contributed by atoms with E-state index >= 15 is 0 Å². The number of nitrogens with two attached hydrogens (primary N) is 1. The first-order chi connectivity index (χ1) is 14.7. The van der Waals surface area contributed by atoms with E-state index in [-0.39, 0.29) is 37.2 Å². The summed E-state index contributed by atoms with van der Waals surface area (Å²) in [7, 11) is 1.78. The predicted octanol–water partition coefficient (Wildman–Crippen LogP) is 5.49. The van der Waals surface area contributed by atoms with Gasteiger partial charge in [0.25, 0.3) is 0 Å². The molecule has 4 N–H and O–H groups in total. The molecule has 0 aromatic heterocycles. The van der Waals surface area contributed by atoms with Gasteiger partial charge in [-0.2, -0.15) is 0 Å². The van der Waals surface area contributed by atoms with Gasteiger partial charge in [-0.25, -0.2) is 0 Å². The third-order valence-corrected chi connectivity index (χ3v) is 8.66. The van der Waals surface area contributed by atoms with Crippen molar-refractivity contribution >= 4 is 37.2 Å². The molecular formula is C26H46Cl3N3O. The molecule has 5 atom stereocenters. The predicted molar refractivity (Wildman–Crippen MR) is 147 cm³/mol. The van der Waals surface area contributed by atoms with Crippen LogP contribution in [0, 0.1) is 17.3 Å². The smallest absolute Gasteiger partial charge is 0.119 e. The van der Waals surface area contributed by atoms with E-state index < -0.39 is 0 Å². The first kappa shape index (κ1) is 30.8. The Morgan fingerprint density at radius 1 is 1.00 bits per heavy atom. The number of unbranched alkanes of at least 4 members (excludes halogenated alkanes) is 1. The average Bonchev–Trinajstić information content (AvgIpc) is 3.11. The minimum absolute atomic E-state index is 0. The molecule has 0 radical (unpaired) electrons. The van der Waals surface area contributed by atoms with Crippen molar-refractivity contribution in [3.8, 4) is 5.75 Å². The summed E-state index contributed by atoms with van der Waals surface area (Å²) in [5.74, 6) is 3.56. The number of methoxy groups -OCH3 is 1. The molecule has 0 saturated heterocycles. The summed E-state index contributed by atoms with van der Waals surface area (Å²) in [5, 5.41) is 7.49. The van der Waals surface area contributed by atoms with Crippen LogP contribution in [0.4, 0.5) is 0 Å². The Hall–Kier alpha value is -0.230. The number of fused-ring (bicyclic) bond motifs is 5. The number of aryl methyl sites for hydroxylation is 1. The summed E-state index contributed by atoms with van der Waals surface area (Å²) in [5.41, 5.74) is 9.22. The highest BCUT2D eigenvalue weighted by atomic mass is 35.5.